The first-order valence-corrected chi connectivity index (χ1v) is 5.79. The van der Waals surface area contributed by atoms with Crippen molar-refractivity contribution in [3.63, 3.8) is 0 Å². The Hall–Kier alpha value is -0.920. The summed E-state index contributed by atoms with van der Waals surface area (Å²) in [4.78, 5) is 23.5. The molecule has 0 aliphatic heterocycles. The van der Waals surface area contributed by atoms with Gasteiger partial charge in [0.05, 0.1) is 6.42 Å². The molecule has 0 N–H and O–H groups in total. The molecule has 2 aliphatic rings. The van der Waals surface area contributed by atoms with Crippen LogP contribution in [0.2, 0.25) is 0 Å². The third-order valence-electron chi connectivity index (χ3n) is 4.37. The lowest BCUT2D eigenvalue weighted by Crippen LogP contribution is -2.18. The summed E-state index contributed by atoms with van der Waals surface area (Å²) in [5.41, 5.74) is 0. The number of rotatable bonds is 2. The van der Waals surface area contributed by atoms with Gasteiger partial charge in [-0.2, -0.15) is 0 Å². The van der Waals surface area contributed by atoms with E-state index in [2.05, 4.69) is 20.4 Å². The molecule has 2 aliphatic carbocycles. The van der Waals surface area contributed by atoms with Crippen LogP contribution < -0.4 is 0 Å². The molecule has 0 spiro atoms. The average Bonchev–Trinajstić information content (AvgIpc) is 2.64. The third-order valence-corrected chi connectivity index (χ3v) is 4.37. The number of carbonyl (C=O) groups excluding carboxylic acids is 2. The van der Waals surface area contributed by atoms with Gasteiger partial charge in [0, 0.05) is 11.8 Å². The van der Waals surface area contributed by atoms with Gasteiger partial charge in [0.25, 0.3) is 0 Å². The summed E-state index contributed by atoms with van der Waals surface area (Å²) in [6, 6.07) is 0. The Balaban J connectivity index is 2.37. The zero-order chi connectivity index (χ0) is 11.2. The highest BCUT2D eigenvalue weighted by molar-refractivity contribution is 6.09. The number of Topliss-reactive ketones (excluding diaryl/α,β-unsaturated/α-hetero) is 2. The van der Waals surface area contributed by atoms with Crippen LogP contribution in [0.15, 0.2) is 12.7 Å². The SMILES string of the molecule is C=CC1C(CC)C(C)C2C(=O)CC(=O)C12. The number of fused-ring (bicyclic) bond motifs is 1. The van der Waals surface area contributed by atoms with Gasteiger partial charge >= 0.3 is 0 Å². The molecular weight excluding hydrogens is 188 g/mol. The van der Waals surface area contributed by atoms with Crippen molar-refractivity contribution >= 4 is 11.6 Å². The molecule has 2 rings (SSSR count). The van der Waals surface area contributed by atoms with Crippen molar-refractivity contribution in [3.8, 4) is 0 Å². The van der Waals surface area contributed by atoms with Gasteiger partial charge in [0.2, 0.25) is 0 Å². The Labute approximate surface area is 90.7 Å². The molecule has 0 saturated heterocycles. The zero-order valence-electron chi connectivity index (χ0n) is 9.40. The molecule has 0 heterocycles. The molecule has 5 unspecified atom stereocenters. The molecule has 0 aromatic carbocycles. The van der Waals surface area contributed by atoms with E-state index >= 15 is 0 Å². The van der Waals surface area contributed by atoms with Crippen molar-refractivity contribution in [1.29, 1.82) is 0 Å². The second-order valence-electron chi connectivity index (χ2n) is 4.91. The maximum absolute atomic E-state index is 11.8. The highest BCUT2D eigenvalue weighted by Gasteiger charge is 2.56. The van der Waals surface area contributed by atoms with Gasteiger partial charge in [0.1, 0.15) is 11.6 Å². The summed E-state index contributed by atoms with van der Waals surface area (Å²) in [6.45, 7) is 8.08. The topological polar surface area (TPSA) is 34.1 Å². The van der Waals surface area contributed by atoms with E-state index in [0.717, 1.165) is 6.42 Å². The van der Waals surface area contributed by atoms with E-state index in [-0.39, 0.29) is 35.7 Å². The van der Waals surface area contributed by atoms with Crippen molar-refractivity contribution < 1.29 is 9.59 Å². The maximum Gasteiger partial charge on any atom is 0.144 e. The summed E-state index contributed by atoms with van der Waals surface area (Å²) in [5, 5.41) is 0. The van der Waals surface area contributed by atoms with E-state index in [1.165, 1.54) is 0 Å². The smallest absolute Gasteiger partial charge is 0.144 e. The van der Waals surface area contributed by atoms with Gasteiger partial charge in [0.15, 0.2) is 0 Å². The summed E-state index contributed by atoms with van der Waals surface area (Å²) in [5.74, 6) is 1.31. The quantitative estimate of drug-likeness (QED) is 0.513. The van der Waals surface area contributed by atoms with Crippen molar-refractivity contribution in [2.24, 2.45) is 29.6 Å². The third kappa shape index (κ3) is 1.30. The summed E-state index contributed by atoms with van der Waals surface area (Å²) >= 11 is 0. The Kier molecular flexibility index (Phi) is 2.53. The standard InChI is InChI=1S/C13H18O2/c1-4-8-7(3)12-10(14)6-11(15)13(12)9(8)5-2/h5,7-9,12-13H,2,4,6H2,1,3H3. The first-order valence-electron chi connectivity index (χ1n) is 5.79. The van der Waals surface area contributed by atoms with Crippen LogP contribution >= 0.6 is 0 Å². The van der Waals surface area contributed by atoms with E-state index in [1.54, 1.807) is 0 Å². The number of hydrogen-bond donors (Lipinski definition) is 0. The van der Waals surface area contributed by atoms with Crippen molar-refractivity contribution in [2.75, 3.05) is 0 Å². The maximum atomic E-state index is 11.8. The molecule has 0 aromatic rings. The molecule has 2 heteroatoms. The lowest BCUT2D eigenvalue weighted by molar-refractivity contribution is -0.124. The highest BCUT2D eigenvalue weighted by Crippen LogP contribution is 2.52. The molecule has 5 atom stereocenters. The molecule has 2 nitrogen and oxygen atoms in total. The molecule has 0 bridgehead atoms. The number of carbonyl (C=O) groups is 2. The van der Waals surface area contributed by atoms with Gasteiger partial charge in [-0.05, 0) is 17.8 Å². The molecule has 0 radical (unpaired) electrons. The van der Waals surface area contributed by atoms with E-state index in [9.17, 15) is 9.59 Å². The van der Waals surface area contributed by atoms with Crippen LogP contribution in [0.3, 0.4) is 0 Å². The Bertz CT molecular complexity index is 318. The lowest BCUT2D eigenvalue weighted by Gasteiger charge is -2.20. The van der Waals surface area contributed by atoms with Crippen LogP contribution in [0.4, 0.5) is 0 Å². The monoisotopic (exact) mass is 206 g/mol. The predicted molar refractivity (Wildman–Crippen MR) is 58.2 cm³/mol. The second kappa shape index (κ2) is 3.58. The van der Waals surface area contributed by atoms with Crippen LogP contribution in [0.25, 0.3) is 0 Å². The molecular formula is C13H18O2. The van der Waals surface area contributed by atoms with Gasteiger partial charge in [-0.15, -0.1) is 6.58 Å². The first-order chi connectivity index (χ1) is 7.11. The predicted octanol–water partition coefficient (Wildman–Crippen LogP) is 2.24. The lowest BCUT2D eigenvalue weighted by atomic mass is 9.84. The number of hydrogen-bond acceptors (Lipinski definition) is 2. The van der Waals surface area contributed by atoms with Crippen LogP contribution in [0.5, 0.6) is 0 Å². The van der Waals surface area contributed by atoms with Crippen LogP contribution in [0, 0.1) is 29.6 Å². The Morgan fingerprint density at radius 1 is 1.33 bits per heavy atom. The van der Waals surface area contributed by atoms with Gasteiger partial charge in [-0.1, -0.05) is 26.3 Å². The van der Waals surface area contributed by atoms with E-state index in [1.807, 2.05) is 6.08 Å². The van der Waals surface area contributed by atoms with E-state index < -0.39 is 0 Å². The molecule has 0 aromatic heterocycles. The van der Waals surface area contributed by atoms with Gasteiger partial charge in [-0.3, -0.25) is 9.59 Å². The summed E-state index contributed by atoms with van der Waals surface area (Å²) in [6.07, 6.45) is 3.09. The molecule has 2 saturated carbocycles. The minimum atomic E-state index is -0.0463. The fourth-order valence-electron chi connectivity index (χ4n) is 3.73. The van der Waals surface area contributed by atoms with E-state index in [4.69, 9.17) is 0 Å². The minimum absolute atomic E-state index is 0.00884. The fraction of sp³-hybridized carbons (Fsp3) is 0.692. The Morgan fingerprint density at radius 3 is 2.47 bits per heavy atom. The van der Waals surface area contributed by atoms with Crippen LogP contribution in [-0.4, -0.2) is 11.6 Å². The average molecular weight is 206 g/mol. The fourth-order valence-corrected chi connectivity index (χ4v) is 3.73. The number of ketones is 2. The number of allylic oxidation sites excluding steroid dienone is 1. The van der Waals surface area contributed by atoms with Crippen molar-refractivity contribution in [1.82, 2.24) is 0 Å². The minimum Gasteiger partial charge on any atom is -0.299 e. The zero-order valence-corrected chi connectivity index (χ0v) is 9.40. The normalized spacial score (nSPS) is 44.5. The van der Waals surface area contributed by atoms with Crippen LogP contribution in [0.1, 0.15) is 26.7 Å². The van der Waals surface area contributed by atoms with Gasteiger partial charge in [-0.25, -0.2) is 0 Å². The molecule has 0 amide bonds. The second-order valence-corrected chi connectivity index (χ2v) is 4.91. The van der Waals surface area contributed by atoms with Crippen molar-refractivity contribution in [3.05, 3.63) is 12.7 Å². The van der Waals surface area contributed by atoms with Crippen molar-refractivity contribution in [2.45, 2.75) is 26.7 Å². The first kappa shape index (κ1) is 10.6. The largest absolute Gasteiger partial charge is 0.299 e. The summed E-state index contributed by atoms with van der Waals surface area (Å²) in [7, 11) is 0. The molecule has 15 heavy (non-hydrogen) atoms. The highest BCUT2D eigenvalue weighted by atomic mass is 16.2. The van der Waals surface area contributed by atoms with Crippen LogP contribution in [-0.2, 0) is 9.59 Å². The summed E-state index contributed by atoms with van der Waals surface area (Å²) < 4.78 is 0. The van der Waals surface area contributed by atoms with E-state index in [0.29, 0.717) is 11.8 Å². The molecule has 2 fully saturated rings. The molecule has 82 valence electrons. The Morgan fingerprint density at radius 2 is 1.93 bits per heavy atom. The van der Waals surface area contributed by atoms with Gasteiger partial charge < -0.3 is 0 Å².